The third-order valence-electron chi connectivity index (χ3n) is 2.14. The van der Waals surface area contributed by atoms with E-state index in [4.69, 9.17) is 9.84 Å². The van der Waals surface area contributed by atoms with Crippen molar-refractivity contribution in [3.63, 3.8) is 0 Å². The molecule has 4 nitrogen and oxygen atoms in total. The van der Waals surface area contributed by atoms with Gasteiger partial charge in [0.25, 0.3) is 0 Å². The average Bonchev–Trinajstić information content (AvgIpc) is 2.10. The quantitative estimate of drug-likeness (QED) is 0.602. The minimum absolute atomic E-state index is 0.213. The molecule has 0 aromatic rings. The van der Waals surface area contributed by atoms with Gasteiger partial charge in [0.05, 0.1) is 6.42 Å². The van der Waals surface area contributed by atoms with Crippen molar-refractivity contribution in [1.29, 1.82) is 0 Å². The summed E-state index contributed by atoms with van der Waals surface area (Å²) in [5.74, 6) is -0.734. The maximum absolute atomic E-state index is 10.4. The van der Waals surface area contributed by atoms with Gasteiger partial charge >= 0.3 is 5.97 Å². The van der Waals surface area contributed by atoms with Gasteiger partial charge in [0, 0.05) is 32.8 Å². The second-order valence-corrected chi connectivity index (χ2v) is 3.62. The van der Waals surface area contributed by atoms with Crippen molar-refractivity contribution >= 4 is 5.97 Å². The predicted octanol–water partition coefficient (Wildman–Crippen LogP) is 1.21. The summed E-state index contributed by atoms with van der Waals surface area (Å²) in [7, 11) is 1.68. The summed E-state index contributed by atoms with van der Waals surface area (Å²) in [6, 6.07) is 0.395. The van der Waals surface area contributed by atoms with E-state index in [1.807, 2.05) is 0 Å². The summed E-state index contributed by atoms with van der Waals surface area (Å²) in [6.45, 7) is 6.41. The Bertz CT molecular complexity index is 159. The molecule has 0 aliphatic heterocycles. The number of carboxylic acids is 1. The van der Waals surface area contributed by atoms with Gasteiger partial charge < -0.3 is 14.7 Å². The highest BCUT2D eigenvalue weighted by atomic mass is 16.5. The average molecular weight is 203 g/mol. The number of hydrogen-bond donors (Lipinski definition) is 1. The zero-order valence-corrected chi connectivity index (χ0v) is 9.32. The van der Waals surface area contributed by atoms with E-state index in [2.05, 4.69) is 18.7 Å². The largest absolute Gasteiger partial charge is 0.481 e. The first-order valence-corrected chi connectivity index (χ1v) is 5.02. The van der Waals surface area contributed by atoms with Crippen molar-refractivity contribution < 1.29 is 14.6 Å². The van der Waals surface area contributed by atoms with E-state index in [1.165, 1.54) is 0 Å². The summed E-state index contributed by atoms with van der Waals surface area (Å²) in [5, 5.41) is 8.56. The standard InChI is InChI=1S/C10H21NO3/c1-9(2)11(6-4-8-14-3)7-5-10(12)13/h9H,4-8H2,1-3H3,(H,12,13). The second-order valence-electron chi connectivity index (χ2n) is 3.62. The molecule has 0 radical (unpaired) electrons. The van der Waals surface area contributed by atoms with E-state index in [9.17, 15) is 4.79 Å². The Hall–Kier alpha value is -0.610. The molecular formula is C10H21NO3. The Labute approximate surface area is 85.9 Å². The van der Waals surface area contributed by atoms with Crippen LogP contribution in [0.5, 0.6) is 0 Å². The molecular weight excluding hydrogens is 182 g/mol. The molecule has 0 saturated carbocycles. The fourth-order valence-electron chi connectivity index (χ4n) is 1.28. The Morgan fingerprint density at radius 1 is 1.43 bits per heavy atom. The molecule has 0 rings (SSSR count). The Morgan fingerprint density at radius 3 is 2.50 bits per heavy atom. The molecule has 0 spiro atoms. The Balaban J connectivity index is 3.72. The molecule has 0 aliphatic rings. The monoisotopic (exact) mass is 203 g/mol. The van der Waals surface area contributed by atoms with Crippen molar-refractivity contribution in [3.05, 3.63) is 0 Å². The van der Waals surface area contributed by atoms with Crippen LogP contribution in [-0.4, -0.2) is 48.8 Å². The Kier molecular flexibility index (Phi) is 7.42. The molecule has 0 fully saturated rings. The van der Waals surface area contributed by atoms with Crippen LogP contribution < -0.4 is 0 Å². The molecule has 0 atom stereocenters. The minimum atomic E-state index is -0.734. The van der Waals surface area contributed by atoms with Crippen molar-refractivity contribution in [2.45, 2.75) is 32.7 Å². The highest BCUT2D eigenvalue weighted by molar-refractivity contribution is 5.66. The summed E-state index contributed by atoms with van der Waals surface area (Å²) in [5.41, 5.74) is 0. The minimum Gasteiger partial charge on any atom is -0.481 e. The lowest BCUT2D eigenvalue weighted by Gasteiger charge is -2.25. The van der Waals surface area contributed by atoms with E-state index in [0.29, 0.717) is 12.6 Å². The van der Waals surface area contributed by atoms with Crippen LogP contribution in [0.25, 0.3) is 0 Å². The van der Waals surface area contributed by atoms with Crippen LogP contribution in [-0.2, 0) is 9.53 Å². The van der Waals surface area contributed by atoms with Gasteiger partial charge in [-0.05, 0) is 20.3 Å². The van der Waals surface area contributed by atoms with Crippen molar-refractivity contribution in [3.8, 4) is 0 Å². The number of methoxy groups -OCH3 is 1. The van der Waals surface area contributed by atoms with Gasteiger partial charge in [-0.15, -0.1) is 0 Å². The zero-order chi connectivity index (χ0) is 11.0. The van der Waals surface area contributed by atoms with Crippen molar-refractivity contribution in [2.75, 3.05) is 26.8 Å². The predicted molar refractivity (Wildman–Crippen MR) is 55.5 cm³/mol. The maximum atomic E-state index is 10.4. The third-order valence-corrected chi connectivity index (χ3v) is 2.14. The molecule has 0 heterocycles. The van der Waals surface area contributed by atoms with Gasteiger partial charge in [-0.3, -0.25) is 4.79 Å². The molecule has 0 amide bonds. The number of carbonyl (C=O) groups is 1. The van der Waals surface area contributed by atoms with Gasteiger partial charge in [-0.25, -0.2) is 0 Å². The van der Waals surface area contributed by atoms with Crippen LogP contribution in [0.1, 0.15) is 26.7 Å². The SMILES string of the molecule is COCCCN(CCC(=O)O)C(C)C. The maximum Gasteiger partial charge on any atom is 0.304 e. The van der Waals surface area contributed by atoms with Crippen molar-refractivity contribution in [1.82, 2.24) is 4.90 Å². The van der Waals surface area contributed by atoms with E-state index in [-0.39, 0.29) is 6.42 Å². The highest BCUT2D eigenvalue weighted by Crippen LogP contribution is 2.01. The topological polar surface area (TPSA) is 49.8 Å². The summed E-state index contributed by atoms with van der Waals surface area (Å²) in [6.07, 6.45) is 1.17. The van der Waals surface area contributed by atoms with E-state index in [0.717, 1.165) is 19.6 Å². The normalized spacial score (nSPS) is 11.2. The van der Waals surface area contributed by atoms with Crippen LogP contribution in [0, 0.1) is 0 Å². The molecule has 14 heavy (non-hydrogen) atoms. The smallest absolute Gasteiger partial charge is 0.304 e. The number of aliphatic carboxylic acids is 1. The fraction of sp³-hybridized carbons (Fsp3) is 0.900. The van der Waals surface area contributed by atoms with Crippen LogP contribution in [0.3, 0.4) is 0 Å². The molecule has 0 bridgehead atoms. The molecule has 0 aliphatic carbocycles. The highest BCUT2D eigenvalue weighted by Gasteiger charge is 2.10. The van der Waals surface area contributed by atoms with Gasteiger partial charge in [-0.1, -0.05) is 0 Å². The molecule has 0 aromatic heterocycles. The van der Waals surface area contributed by atoms with Crippen LogP contribution >= 0.6 is 0 Å². The number of hydrogen-bond acceptors (Lipinski definition) is 3. The summed E-state index contributed by atoms with van der Waals surface area (Å²) < 4.78 is 4.95. The lowest BCUT2D eigenvalue weighted by Crippen LogP contribution is -2.34. The molecule has 0 aromatic carbocycles. The lowest BCUT2D eigenvalue weighted by atomic mass is 10.2. The Morgan fingerprint density at radius 2 is 2.07 bits per heavy atom. The number of ether oxygens (including phenoxy) is 1. The third kappa shape index (κ3) is 6.86. The van der Waals surface area contributed by atoms with Gasteiger partial charge in [0.15, 0.2) is 0 Å². The fourth-order valence-corrected chi connectivity index (χ4v) is 1.28. The van der Waals surface area contributed by atoms with Crippen LogP contribution in [0.15, 0.2) is 0 Å². The van der Waals surface area contributed by atoms with E-state index >= 15 is 0 Å². The van der Waals surface area contributed by atoms with E-state index in [1.54, 1.807) is 7.11 Å². The van der Waals surface area contributed by atoms with Crippen LogP contribution in [0.4, 0.5) is 0 Å². The summed E-state index contributed by atoms with van der Waals surface area (Å²) in [4.78, 5) is 12.6. The molecule has 0 unspecified atom stereocenters. The van der Waals surface area contributed by atoms with E-state index < -0.39 is 5.97 Å². The first-order valence-electron chi connectivity index (χ1n) is 5.02. The zero-order valence-electron chi connectivity index (χ0n) is 9.32. The first kappa shape index (κ1) is 13.4. The number of carboxylic acid groups (broad SMARTS) is 1. The summed E-state index contributed by atoms with van der Waals surface area (Å²) >= 11 is 0. The molecule has 1 N–H and O–H groups in total. The van der Waals surface area contributed by atoms with Crippen molar-refractivity contribution in [2.24, 2.45) is 0 Å². The van der Waals surface area contributed by atoms with Gasteiger partial charge in [0.1, 0.15) is 0 Å². The molecule has 4 heteroatoms. The van der Waals surface area contributed by atoms with Crippen LogP contribution in [0.2, 0.25) is 0 Å². The first-order chi connectivity index (χ1) is 6.57. The molecule has 84 valence electrons. The molecule has 0 saturated heterocycles. The van der Waals surface area contributed by atoms with Gasteiger partial charge in [0.2, 0.25) is 0 Å². The lowest BCUT2D eigenvalue weighted by molar-refractivity contribution is -0.137. The number of rotatable bonds is 8. The second kappa shape index (κ2) is 7.76. The number of nitrogens with zero attached hydrogens (tertiary/aromatic N) is 1. The van der Waals surface area contributed by atoms with Gasteiger partial charge in [-0.2, -0.15) is 0 Å².